The van der Waals surface area contributed by atoms with Gasteiger partial charge in [0, 0.05) is 40.4 Å². The van der Waals surface area contributed by atoms with Crippen LogP contribution in [-0.4, -0.2) is 22.7 Å². The Kier molecular flexibility index (Phi) is 5.64. The first-order valence-electron chi connectivity index (χ1n) is 12.1. The summed E-state index contributed by atoms with van der Waals surface area (Å²) in [5.41, 5.74) is 6.22. The first kappa shape index (κ1) is 22.3. The van der Waals surface area contributed by atoms with Gasteiger partial charge in [-0.05, 0) is 42.2 Å². The van der Waals surface area contributed by atoms with Gasteiger partial charge in [-0.25, -0.2) is 4.39 Å². The molecule has 0 spiro atoms. The van der Waals surface area contributed by atoms with E-state index in [0.29, 0.717) is 36.5 Å². The van der Waals surface area contributed by atoms with Crippen molar-refractivity contribution in [3.8, 4) is 33.9 Å². The van der Waals surface area contributed by atoms with Gasteiger partial charge in [-0.1, -0.05) is 48.5 Å². The highest BCUT2D eigenvalue weighted by Crippen LogP contribution is 2.45. The Morgan fingerprint density at radius 1 is 1.06 bits per heavy atom. The van der Waals surface area contributed by atoms with E-state index in [-0.39, 0.29) is 18.2 Å². The summed E-state index contributed by atoms with van der Waals surface area (Å²) in [6.07, 6.45) is 2.72. The van der Waals surface area contributed by atoms with Crippen molar-refractivity contribution in [2.45, 2.75) is 31.3 Å². The predicted molar refractivity (Wildman–Crippen MR) is 134 cm³/mol. The van der Waals surface area contributed by atoms with Gasteiger partial charge in [0.2, 0.25) is 0 Å². The molecule has 0 saturated heterocycles. The first-order chi connectivity index (χ1) is 17.6. The third-order valence-corrected chi connectivity index (χ3v) is 6.99. The molecule has 0 radical (unpaired) electrons. The number of benzene rings is 3. The SMILES string of the molecule is O=C(O)CC1COc2cc(O[C@@H]3CCc4c(-c5cccnc5-c5ccccc5)ccc(F)c43)ccc21. The van der Waals surface area contributed by atoms with Crippen molar-refractivity contribution in [2.75, 3.05) is 6.61 Å². The number of fused-ring (bicyclic) bond motifs is 2. The molecule has 1 aromatic heterocycles. The molecule has 36 heavy (non-hydrogen) atoms. The molecule has 2 atom stereocenters. The maximum absolute atomic E-state index is 15.2. The van der Waals surface area contributed by atoms with Crippen LogP contribution in [0.5, 0.6) is 11.5 Å². The number of rotatable bonds is 6. The lowest BCUT2D eigenvalue weighted by molar-refractivity contribution is -0.137. The Morgan fingerprint density at radius 2 is 1.92 bits per heavy atom. The van der Waals surface area contributed by atoms with E-state index in [1.54, 1.807) is 12.3 Å². The number of halogens is 1. The Balaban J connectivity index is 1.32. The molecule has 6 heteroatoms. The average Bonchev–Trinajstić information content (AvgIpc) is 3.49. The van der Waals surface area contributed by atoms with Gasteiger partial charge in [-0.3, -0.25) is 9.78 Å². The minimum Gasteiger partial charge on any atom is -0.492 e. The summed E-state index contributed by atoms with van der Waals surface area (Å²) < 4.78 is 27.2. The molecule has 1 unspecified atom stereocenters. The van der Waals surface area contributed by atoms with E-state index in [1.165, 1.54) is 6.07 Å². The van der Waals surface area contributed by atoms with Crippen LogP contribution in [0.2, 0.25) is 0 Å². The third kappa shape index (κ3) is 3.98. The van der Waals surface area contributed by atoms with Crippen molar-refractivity contribution in [1.82, 2.24) is 4.98 Å². The van der Waals surface area contributed by atoms with Crippen LogP contribution >= 0.6 is 0 Å². The van der Waals surface area contributed by atoms with Gasteiger partial charge in [0.15, 0.2) is 0 Å². The van der Waals surface area contributed by atoms with Crippen LogP contribution in [0.1, 0.15) is 41.6 Å². The van der Waals surface area contributed by atoms with Crippen LogP contribution in [0, 0.1) is 5.82 Å². The van der Waals surface area contributed by atoms with Gasteiger partial charge in [-0.15, -0.1) is 0 Å². The zero-order valence-corrected chi connectivity index (χ0v) is 19.5. The Morgan fingerprint density at radius 3 is 2.75 bits per heavy atom. The lowest BCUT2D eigenvalue weighted by atomic mass is 9.93. The van der Waals surface area contributed by atoms with E-state index in [1.807, 2.05) is 60.7 Å². The van der Waals surface area contributed by atoms with E-state index in [9.17, 15) is 4.79 Å². The smallest absolute Gasteiger partial charge is 0.304 e. The van der Waals surface area contributed by atoms with Gasteiger partial charge in [0.05, 0.1) is 18.7 Å². The maximum Gasteiger partial charge on any atom is 0.304 e. The number of carboxylic acids is 1. The Bertz CT molecular complexity index is 1450. The second kappa shape index (κ2) is 9.11. The number of ether oxygens (including phenoxy) is 2. The number of nitrogens with zero attached hydrogens (tertiary/aromatic N) is 1. The first-order valence-corrected chi connectivity index (χ1v) is 12.1. The van der Waals surface area contributed by atoms with Crippen LogP contribution in [0.3, 0.4) is 0 Å². The molecule has 2 heterocycles. The van der Waals surface area contributed by atoms with E-state index < -0.39 is 12.1 Å². The summed E-state index contributed by atoms with van der Waals surface area (Å²) in [5.74, 6) is -0.0835. The van der Waals surface area contributed by atoms with Crippen molar-refractivity contribution in [2.24, 2.45) is 0 Å². The van der Waals surface area contributed by atoms with Crippen LogP contribution in [0.15, 0.2) is 79.0 Å². The minimum absolute atomic E-state index is 0.0243. The van der Waals surface area contributed by atoms with Crippen molar-refractivity contribution in [1.29, 1.82) is 0 Å². The van der Waals surface area contributed by atoms with Crippen LogP contribution in [-0.2, 0) is 11.2 Å². The third-order valence-electron chi connectivity index (χ3n) is 6.99. The van der Waals surface area contributed by atoms with Crippen LogP contribution in [0.4, 0.5) is 4.39 Å². The lowest BCUT2D eigenvalue weighted by Crippen LogP contribution is -2.07. The molecule has 3 aromatic carbocycles. The lowest BCUT2D eigenvalue weighted by Gasteiger charge is -2.18. The molecule has 0 saturated carbocycles. The molecule has 2 aliphatic rings. The molecule has 0 amide bonds. The molecule has 5 nitrogen and oxygen atoms in total. The van der Waals surface area contributed by atoms with Gasteiger partial charge >= 0.3 is 5.97 Å². The van der Waals surface area contributed by atoms with E-state index in [2.05, 4.69) is 4.98 Å². The number of aromatic nitrogens is 1. The molecule has 0 bridgehead atoms. The largest absolute Gasteiger partial charge is 0.492 e. The topological polar surface area (TPSA) is 68.7 Å². The fourth-order valence-electron chi connectivity index (χ4n) is 5.37. The highest BCUT2D eigenvalue weighted by atomic mass is 19.1. The number of hydrogen-bond donors (Lipinski definition) is 1. The summed E-state index contributed by atoms with van der Waals surface area (Å²) in [6.45, 7) is 0.337. The molecule has 6 rings (SSSR count). The van der Waals surface area contributed by atoms with E-state index >= 15 is 4.39 Å². The number of hydrogen-bond acceptors (Lipinski definition) is 4. The van der Waals surface area contributed by atoms with Gasteiger partial charge < -0.3 is 14.6 Å². The summed E-state index contributed by atoms with van der Waals surface area (Å²) >= 11 is 0. The molecule has 1 aliphatic heterocycles. The second-order valence-electron chi connectivity index (χ2n) is 9.20. The van der Waals surface area contributed by atoms with Gasteiger partial charge in [0.25, 0.3) is 0 Å². The normalized spacial score (nSPS) is 17.8. The zero-order chi connectivity index (χ0) is 24.6. The standard InChI is InChI=1S/C30H24FNO4/c31-25-12-10-22(24-7-4-14-32-30(24)18-5-2-1-3-6-18)23-11-13-26(29(23)25)36-20-8-9-21-19(15-28(33)34)17-35-27(21)16-20/h1-10,12,14,16,19,26H,11,13,15,17H2,(H,33,34)/t19?,26-/m1/s1. The maximum atomic E-state index is 15.2. The van der Waals surface area contributed by atoms with Gasteiger partial charge in [0.1, 0.15) is 23.4 Å². The van der Waals surface area contributed by atoms with E-state index in [4.69, 9.17) is 14.6 Å². The predicted octanol–water partition coefficient (Wildman–Crippen LogP) is 6.57. The van der Waals surface area contributed by atoms with Crippen molar-refractivity contribution < 1.29 is 23.8 Å². The van der Waals surface area contributed by atoms with Crippen LogP contribution in [0.25, 0.3) is 22.4 Å². The molecular weight excluding hydrogens is 457 g/mol. The number of carbonyl (C=O) groups is 1. The van der Waals surface area contributed by atoms with Crippen LogP contribution < -0.4 is 9.47 Å². The Hall–Kier alpha value is -4.19. The fourth-order valence-corrected chi connectivity index (χ4v) is 5.37. The molecule has 180 valence electrons. The molecular formula is C30H24FNO4. The monoisotopic (exact) mass is 481 g/mol. The summed E-state index contributed by atoms with van der Waals surface area (Å²) in [4.78, 5) is 15.8. The summed E-state index contributed by atoms with van der Waals surface area (Å²) in [7, 11) is 0. The second-order valence-corrected chi connectivity index (χ2v) is 9.20. The molecule has 0 fully saturated rings. The highest BCUT2D eigenvalue weighted by Gasteiger charge is 2.32. The molecule has 4 aromatic rings. The minimum atomic E-state index is -0.852. The summed E-state index contributed by atoms with van der Waals surface area (Å²) in [6, 6.07) is 22.7. The zero-order valence-electron chi connectivity index (χ0n) is 19.5. The quantitative estimate of drug-likeness (QED) is 0.337. The number of aliphatic carboxylic acids is 1. The fraction of sp³-hybridized carbons (Fsp3) is 0.200. The number of carboxylic acid groups (broad SMARTS) is 1. The molecule has 1 N–H and O–H groups in total. The Labute approximate surface area is 208 Å². The van der Waals surface area contributed by atoms with Crippen molar-refractivity contribution >= 4 is 5.97 Å². The highest BCUT2D eigenvalue weighted by molar-refractivity contribution is 5.83. The molecule has 1 aliphatic carbocycles. The van der Waals surface area contributed by atoms with Crippen molar-refractivity contribution in [3.05, 3.63) is 102 Å². The van der Waals surface area contributed by atoms with E-state index in [0.717, 1.165) is 33.5 Å². The summed E-state index contributed by atoms with van der Waals surface area (Å²) in [5, 5.41) is 9.13. The average molecular weight is 482 g/mol. The van der Waals surface area contributed by atoms with Gasteiger partial charge in [-0.2, -0.15) is 0 Å². The van der Waals surface area contributed by atoms with Crippen molar-refractivity contribution in [3.63, 3.8) is 0 Å². The number of pyridine rings is 1.